The molecule has 2 aliphatic heterocycles. The van der Waals surface area contributed by atoms with Gasteiger partial charge in [-0.1, -0.05) is 6.07 Å². The average molecular weight is 390 g/mol. The van der Waals surface area contributed by atoms with Gasteiger partial charge in [0, 0.05) is 31.1 Å². The van der Waals surface area contributed by atoms with E-state index in [9.17, 15) is 9.59 Å². The molecule has 1 unspecified atom stereocenters. The number of aromatic nitrogens is 1. The van der Waals surface area contributed by atoms with Gasteiger partial charge in [-0.15, -0.1) is 0 Å². The van der Waals surface area contributed by atoms with Gasteiger partial charge in [-0.3, -0.25) is 14.6 Å². The summed E-state index contributed by atoms with van der Waals surface area (Å²) in [4.78, 5) is 30.6. The molecule has 0 aliphatic carbocycles. The van der Waals surface area contributed by atoms with Crippen molar-refractivity contribution in [3.63, 3.8) is 0 Å². The molecule has 0 radical (unpaired) electrons. The van der Waals surface area contributed by atoms with E-state index in [4.69, 9.17) is 10.00 Å². The van der Waals surface area contributed by atoms with Crippen LogP contribution in [-0.2, 0) is 4.74 Å². The van der Waals surface area contributed by atoms with Gasteiger partial charge in [-0.2, -0.15) is 5.26 Å². The molecule has 2 amide bonds. The van der Waals surface area contributed by atoms with Crippen molar-refractivity contribution in [1.29, 1.82) is 5.26 Å². The minimum Gasteiger partial charge on any atom is -0.371 e. The van der Waals surface area contributed by atoms with Crippen LogP contribution in [0.25, 0.3) is 0 Å². The third kappa shape index (κ3) is 3.84. The number of benzene rings is 1. The van der Waals surface area contributed by atoms with Crippen molar-refractivity contribution in [1.82, 2.24) is 15.2 Å². The predicted molar refractivity (Wildman–Crippen MR) is 105 cm³/mol. The summed E-state index contributed by atoms with van der Waals surface area (Å²) in [6, 6.07) is 12.3. The van der Waals surface area contributed by atoms with Crippen LogP contribution in [0.5, 0.6) is 0 Å². The number of nitrogens with zero attached hydrogens (tertiary/aromatic N) is 3. The topological polar surface area (TPSA) is 95.3 Å². The Morgan fingerprint density at radius 3 is 2.86 bits per heavy atom. The summed E-state index contributed by atoms with van der Waals surface area (Å²) in [6.07, 6.45) is 4.91. The van der Waals surface area contributed by atoms with Crippen LogP contribution >= 0.6 is 0 Å². The molecule has 1 atom stereocenters. The van der Waals surface area contributed by atoms with Gasteiger partial charge in [0.05, 0.1) is 30.3 Å². The SMILES string of the molecule is N#Cc1cccc(C(=O)N2CC3(C2)OCCC3CCNC(=O)c2cccnc2)c1. The Morgan fingerprint density at radius 2 is 2.10 bits per heavy atom. The average Bonchev–Trinajstić information content (AvgIpc) is 3.16. The lowest BCUT2D eigenvalue weighted by Crippen LogP contribution is -2.66. The highest BCUT2D eigenvalue weighted by atomic mass is 16.5. The van der Waals surface area contributed by atoms with Gasteiger partial charge >= 0.3 is 0 Å². The van der Waals surface area contributed by atoms with E-state index in [2.05, 4.69) is 16.4 Å². The number of likely N-dealkylation sites (tertiary alicyclic amines) is 1. The molecular formula is C22H22N4O3. The molecule has 1 spiro atoms. The van der Waals surface area contributed by atoms with E-state index < -0.39 is 0 Å². The Labute approximate surface area is 169 Å². The van der Waals surface area contributed by atoms with Gasteiger partial charge in [-0.05, 0) is 49.1 Å². The maximum Gasteiger partial charge on any atom is 0.254 e. The monoisotopic (exact) mass is 390 g/mol. The number of rotatable bonds is 5. The zero-order valence-corrected chi connectivity index (χ0v) is 16.0. The third-order valence-corrected chi connectivity index (χ3v) is 5.74. The standard InChI is InChI=1S/C22H22N4O3/c23-12-16-3-1-4-17(11-16)21(28)26-14-22(15-26)19(7-10-29-22)6-9-25-20(27)18-5-2-8-24-13-18/h1-5,8,11,13,19H,6-7,9-10,14-15H2,(H,25,27). The first-order valence-electron chi connectivity index (χ1n) is 9.73. The molecule has 29 heavy (non-hydrogen) atoms. The summed E-state index contributed by atoms with van der Waals surface area (Å²) in [5.74, 6) is 0.0897. The Hall–Kier alpha value is -3.24. The van der Waals surface area contributed by atoms with Crippen molar-refractivity contribution in [3.05, 3.63) is 65.5 Å². The molecule has 2 fully saturated rings. The van der Waals surface area contributed by atoms with Crippen LogP contribution in [-0.4, -0.2) is 53.5 Å². The largest absolute Gasteiger partial charge is 0.371 e. The first-order chi connectivity index (χ1) is 14.1. The summed E-state index contributed by atoms with van der Waals surface area (Å²) in [6.45, 7) is 2.32. The molecule has 148 valence electrons. The minimum atomic E-state index is -0.318. The smallest absolute Gasteiger partial charge is 0.254 e. The van der Waals surface area contributed by atoms with Crippen molar-refractivity contribution >= 4 is 11.8 Å². The van der Waals surface area contributed by atoms with Crippen LogP contribution < -0.4 is 5.32 Å². The van der Waals surface area contributed by atoms with Crippen molar-refractivity contribution < 1.29 is 14.3 Å². The van der Waals surface area contributed by atoms with E-state index in [0.29, 0.717) is 48.8 Å². The van der Waals surface area contributed by atoms with Crippen molar-refractivity contribution in [2.45, 2.75) is 18.4 Å². The number of hydrogen-bond acceptors (Lipinski definition) is 5. The number of nitrogens with one attached hydrogen (secondary N) is 1. The lowest BCUT2D eigenvalue weighted by molar-refractivity contribution is -0.117. The number of hydrogen-bond donors (Lipinski definition) is 1. The minimum absolute atomic E-state index is 0.0770. The highest BCUT2D eigenvalue weighted by Gasteiger charge is 2.54. The Bertz CT molecular complexity index is 948. The molecule has 3 heterocycles. The summed E-state index contributed by atoms with van der Waals surface area (Å²) < 4.78 is 6.02. The van der Waals surface area contributed by atoms with E-state index in [-0.39, 0.29) is 17.4 Å². The maximum atomic E-state index is 12.7. The second-order valence-electron chi connectivity index (χ2n) is 7.54. The van der Waals surface area contributed by atoms with Gasteiger partial charge < -0.3 is 15.0 Å². The van der Waals surface area contributed by atoms with Gasteiger partial charge in [0.25, 0.3) is 11.8 Å². The van der Waals surface area contributed by atoms with Crippen LogP contribution in [0.2, 0.25) is 0 Å². The van der Waals surface area contributed by atoms with Gasteiger partial charge in [-0.25, -0.2) is 0 Å². The third-order valence-electron chi connectivity index (χ3n) is 5.74. The summed E-state index contributed by atoms with van der Waals surface area (Å²) in [7, 11) is 0. The first kappa shape index (κ1) is 19.1. The molecule has 0 bridgehead atoms. The first-order valence-corrected chi connectivity index (χ1v) is 9.73. The Balaban J connectivity index is 1.31. The van der Waals surface area contributed by atoms with Crippen LogP contribution in [0.4, 0.5) is 0 Å². The number of carbonyl (C=O) groups is 2. The Kier molecular flexibility index (Phi) is 5.28. The summed E-state index contributed by atoms with van der Waals surface area (Å²) >= 11 is 0. The molecule has 1 aromatic carbocycles. The number of nitriles is 1. The van der Waals surface area contributed by atoms with Gasteiger partial charge in [0.2, 0.25) is 0 Å². The normalized spacial score (nSPS) is 19.4. The molecule has 1 N–H and O–H groups in total. The zero-order valence-electron chi connectivity index (χ0n) is 16.0. The molecule has 2 saturated heterocycles. The van der Waals surface area contributed by atoms with Crippen LogP contribution in [0.3, 0.4) is 0 Å². The second kappa shape index (κ2) is 8.02. The second-order valence-corrected chi connectivity index (χ2v) is 7.54. The van der Waals surface area contributed by atoms with Crippen LogP contribution in [0, 0.1) is 17.2 Å². The highest BCUT2D eigenvalue weighted by molar-refractivity contribution is 5.95. The predicted octanol–water partition coefficient (Wildman–Crippen LogP) is 2.00. The Morgan fingerprint density at radius 1 is 1.28 bits per heavy atom. The van der Waals surface area contributed by atoms with E-state index >= 15 is 0 Å². The van der Waals surface area contributed by atoms with Crippen LogP contribution in [0.1, 0.15) is 39.1 Å². The number of pyridine rings is 1. The molecular weight excluding hydrogens is 368 g/mol. The molecule has 4 rings (SSSR count). The fourth-order valence-corrected chi connectivity index (χ4v) is 4.15. The fraction of sp³-hybridized carbons (Fsp3) is 0.364. The molecule has 0 saturated carbocycles. The summed E-state index contributed by atoms with van der Waals surface area (Å²) in [5.41, 5.74) is 1.23. The fourth-order valence-electron chi connectivity index (χ4n) is 4.15. The van der Waals surface area contributed by atoms with Crippen molar-refractivity contribution in [2.24, 2.45) is 5.92 Å². The number of ether oxygens (including phenoxy) is 1. The maximum absolute atomic E-state index is 12.7. The van der Waals surface area contributed by atoms with E-state index in [1.54, 1.807) is 53.7 Å². The van der Waals surface area contributed by atoms with Crippen LogP contribution in [0.15, 0.2) is 48.8 Å². The molecule has 2 aromatic rings. The molecule has 7 nitrogen and oxygen atoms in total. The van der Waals surface area contributed by atoms with Gasteiger partial charge in [0.1, 0.15) is 5.60 Å². The zero-order chi connectivity index (χ0) is 20.3. The summed E-state index contributed by atoms with van der Waals surface area (Å²) in [5, 5.41) is 12.0. The quantitative estimate of drug-likeness (QED) is 0.843. The van der Waals surface area contributed by atoms with E-state index in [1.807, 2.05) is 0 Å². The van der Waals surface area contributed by atoms with Crippen molar-refractivity contribution in [3.8, 4) is 6.07 Å². The number of carbonyl (C=O) groups excluding carboxylic acids is 2. The molecule has 2 aliphatic rings. The van der Waals surface area contributed by atoms with Crippen molar-refractivity contribution in [2.75, 3.05) is 26.2 Å². The number of amides is 2. The lowest BCUT2D eigenvalue weighted by Gasteiger charge is -2.50. The van der Waals surface area contributed by atoms with Gasteiger partial charge in [0.15, 0.2) is 0 Å². The van der Waals surface area contributed by atoms with E-state index in [0.717, 1.165) is 12.8 Å². The molecule has 1 aromatic heterocycles. The highest BCUT2D eigenvalue weighted by Crippen LogP contribution is 2.42. The lowest BCUT2D eigenvalue weighted by atomic mass is 9.78. The molecule has 7 heteroatoms. The van der Waals surface area contributed by atoms with E-state index in [1.165, 1.54) is 0 Å².